The van der Waals surface area contributed by atoms with E-state index in [0.717, 1.165) is 39.6 Å². The number of benzene rings is 4. The molecule has 206 valence electrons. The second-order valence-electron chi connectivity index (χ2n) is 10.2. The van der Waals surface area contributed by atoms with Crippen molar-refractivity contribution < 1.29 is 14.7 Å². The number of carboxylic acids is 1. The molecule has 0 saturated heterocycles. The largest absolute Gasteiger partial charge is 0.478 e. The average Bonchev–Trinajstić information content (AvgIpc) is 3.40. The van der Waals surface area contributed by atoms with E-state index in [-0.39, 0.29) is 23.2 Å². The third kappa shape index (κ3) is 5.61. The van der Waals surface area contributed by atoms with Gasteiger partial charge in [-0.3, -0.25) is 10.2 Å². The van der Waals surface area contributed by atoms with E-state index in [1.165, 1.54) is 0 Å². The number of amidine groups is 1. The number of nitrogens with two attached hydrogens (primary N) is 1. The Labute approximate surface area is 238 Å². The maximum Gasteiger partial charge on any atom is 0.336 e. The van der Waals surface area contributed by atoms with Crippen molar-refractivity contribution in [3.8, 4) is 11.1 Å². The van der Waals surface area contributed by atoms with Crippen LogP contribution in [0.1, 0.15) is 67.8 Å². The monoisotopic (exact) mass is 544 g/mol. The summed E-state index contributed by atoms with van der Waals surface area (Å²) in [5, 5.41) is 21.9. The maximum absolute atomic E-state index is 13.3. The Hall–Kier alpha value is -5.17. The predicted octanol–water partition coefficient (Wildman–Crippen LogP) is 6.60. The lowest BCUT2D eigenvalue weighted by molar-refractivity contribution is 0.0697. The van der Waals surface area contributed by atoms with Crippen LogP contribution in [0.5, 0.6) is 0 Å². The Morgan fingerprint density at radius 3 is 2.39 bits per heavy atom. The first-order valence-electron chi connectivity index (χ1n) is 13.5. The average molecular weight is 545 g/mol. The molecule has 0 bridgehead atoms. The molecule has 7 nitrogen and oxygen atoms in total. The lowest BCUT2D eigenvalue weighted by atomic mass is 9.82. The first-order chi connectivity index (χ1) is 19.8. The van der Waals surface area contributed by atoms with E-state index in [1.54, 1.807) is 18.2 Å². The predicted molar refractivity (Wildman–Crippen MR) is 163 cm³/mol. The zero-order chi connectivity index (χ0) is 29.1. The van der Waals surface area contributed by atoms with Crippen LogP contribution >= 0.6 is 0 Å². The number of fused-ring (bicyclic) bond motifs is 1. The number of aromatic amines is 1. The molecule has 1 amide bonds. The third-order valence-electron chi connectivity index (χ3n) is 7.49. The van der Waals surface area contributed by atoms with E-state index >= 15 is 0 Å². The minimum Gasteiger partial charge on any atom is -0.478 e. The number of hydrogen-bond acceptors (Lipinski definition) is 3. The van der Waals surface area contributed by atoms with E-state index < -0.39 is 5.97 Å². The van der Waals surface area contributed by atoms with Crippen molar-refractivity contribution in [2.45, 2.75) is 32.7 Å². The standard InChI is InChI=1S/C34H32N4O3/c1-3-24(30-19-37-31-17-22(32(35)36)10-14-27(30)31)25-13-11-23(33(39)38-18-21-7-5-4-6-8-21)16-28(25)26-12-9-20(2)15-29(26)34(40)41/h4-17,19,24,37H,3,18H2,1-2H3,(H3,35,36)(H,38,39)(H,40,41). The van der Waals surface area contributed by atoms with Crippen LogP contribution in [0.25, 0.3) is 22.0 Å². The van der Waals surface area contributed by atoms with Gasteiger partial charge in [0.2, 0.25) is 0 Å². The van der Waals surface area contributed by atoms with E-state index in [2.05, 4.69) is 17.2 Å². The molecular formula is C34H32N4O3. The highest BCUT2D eigenvalue weighted by Crippen LogP contribution is 2.40. The molecule has 5 rings (SSSR count). The minimum atomic E-state index is -1.02. The number of nitrogen functional groups attached to an aromatic ring is 1. The van der Waals surface area contributed by atoms with Gasteiger partial charge in [0.25, 0.3) is 5.91 Å². The lowest BCUT2D eigenvalue weighted by Gasteiger charge is -2.22. The van der Waals surface area contributed by atoms with Crippen LogP contribution in [-0.4, -0.2) is 27.8 Å². The highest BCUT2D eigenvalue weighted by atomic mass is 16.4. The van der Waals surface area contributed by atoms with Crippen molar-refractivity contribution in [2.24, 2.45) is 5.73 Å². The molecule has 1 aromatic heterocycles. The Morgan fingerprint density at radius 1 is 0.927 bits per heavy atom. The molecule has 0 aliphatic carbocycles. The molecule has 4 aromatic carbocycles. The van der Waals surface area contributed by atoms with Crippen molar-refractivity contribution in [3.05, 3.63) is 130 Å². The number of nitrogens with one attached hydrogen (secondary N) is 3. The molecule has 0 saturated carbocycles. The highest BCUT2D eigenvalue weighted by Gasteiger charge is 2.24. The summed E-state index contributed by atoms with van der Waals surface area (Å²) in [6.45, 7) is 4.34. The molecule has 7 heteroatoms. The van der Waals surface area contributed by atoms with Crippen LogP contribution in [0.15, 0.2) is 91.1 Å². The van der Waals surface area contributed by atoms with Crippen LogP contribution in [0, 0.1) is 12.3 Å². The van der Waals surface area contributed by atoms with Crippen molar-refractivity contribution >= 4 is 28.6 Å². The maximum atomic E-state index is 13.3. The van der Waals surface area contributed by atoms with Gasteiger partial charge in [0, 0.05) is 40.7 Å². The summed E-state index contributed by atoms with van der Waals surface area (Å²) in [5.41, 5.74) is 12.9. The number of carbonyl (C=O) groups is 2. The second kappa shape index (κ2) is 11.5. The van der Waals surface area contributed by atoms with Crippen LogP contribution < -0.4 is 11.1 Å². The number of carbonyl (C=O) groups excluding carboxylic acids is 1. The molecule has 0 fully saturated rings. The quantitative estimate of drug-likeness (QED) is 0.106. The molecule has 6 N–H and O–H groups in total. The fourth-order valence-electron chi connectivity index (χ4n) is 5.40. The molecule has 0 aliphatic rings. The fourth-order valence-corrected chi connectivity index (χ4v) is 5.40. The highest BCUT2D eigenvalue weighted by molar-refractivity contribution is 6.01. The van der Waals surface area contributed by atoms with Gasteiger partial charge in [-0.15, -0.1) is 0 Å². The number of aromatic nitrogens is 1. The van der Waals surface area contributed by atoms with Gasteiger partial charge >= 0.3 is 5.97 Å². The lowest BCUT2D eigenvalue weighted by Crippen LogP contribution is -2.23. The SMILES string of the molecule is CCC(c1ccc(C(=O)NCc2ccccc2)cc1-c1ccc(C)cc1C(=O)O)c1c[nH]c2cc(C(=N)N)ccc12. The molecule has 1 heterocycles. The Bertz CT molecular complexity index is 1770. The molecule has 1 unspecified atom stereocenters. The van der Waals surface area contributed by atoms with Crippen molar-refractivity contribution in [2.75, 3.05) is 0 Å². The van der Waals surface area contributed by atoms with Gasteiger partial charge in [0.1, 0.15) is 5.84 Å². The van der Waals surface area contributed by atoms with E-state index in [0.29, 0.717) is 28.8 Å². The van der Waals surface area contributed by atoms with Crippen molar-refractivity contribution in [3.63, 3.8) is 0 Å². The molecular weight excluding hydrogens is 512 g/mol. The fraction of sp³-hybridized carbons (Fsp3) is 0.147. The van der Waals surface area contributed by atoms with Gasteiger partial charge in [0.15, 0.2) is 0 Å². The van der Waals surface area contributed by atoms with Crippen molar-refractivity contribution in [1.82, 2.24) is 10.3 Å². The number of rotatable bonds is 9. The molecule has 1 atom stereocenters. The summed E-state index contributed by atoms with van der Waals surface area (Å²) in [6.07, 6.45) is 2.70. The molecule has 41 heavy (non-hydrogen) atoms. The Kier molecular flexibility index (Phi) is 7.70. The Morgan fingerprint density at radius 2 is 1.68 bits per heavy atom. The topological polar surface area (TPSA) is 132 Å². The van der Waals surface area contributed by atoms with E-state index in [1.807, 2.05) is 79.9 Å². The van der Waals surface area contributed by atoms with Crippen LogP contribution in [0.4, 0.5) is 0 Å². The molecule has 0 radical (unpaired) electrons. The smallest absolute Gasteiger partial charge is 0.336 e. The van der Waals surface area contributed by atoms with E-state index in [4.69, 9.17) is 11.1 Å². The van der Waals surface area contributed by atoms with Crippen LogP contribution in [-0.2, 0) is 6.54 Å². The summed E-state index contributed by atoms with van der Waals surface area (Å²) in [7, 11) is 0. The first kappa shape index (κ1) is 27.4. The zero-order valence-corrected chi connectivity index (χ0v) is 23.0. The summed E-state index contributed by atoms with van der Waals surface area (Å²) in [6, 6.07) is 26.3. The summed E-state index contributed by atoms with van der Waals surface area (Å²) < 4.78 is 0. The van der Waals surface area contributed by atoms with Crippen LogP contribution in [0.2, 0.25) is 0 Å². The summed E-state index contributed by atoms with van der Waals surface area (Å²) >= 11 is 0. The third-order valence-corrected chi connectivity index (χ3v) is 7.49. The van der Waals surface area contributed by atoms with Gasteiger partial charge in [-0.25, -0.2) is 4.79 Å². The number of aryl methyl sites for hydroxylation is 1. The minimum absolute atomic E-state index is 0.000853. The number of aromatic carboxylic acids is 1. The number of H-pyrrole nitrogens is 1. The second-order valence-corrected chi connectivity index (χ2v) is 10.2. The number of hydrogen-bond donors (Lipinski definition) is 5. The van der Waals surface area contributed by atoms with Crippen molar-refractivity contribution in [1.29, 1.82) is 5.41 Å². The molecule has 5 aromatic rings. The van der Waals surface area contributed by atoms with Crippen LogP contribution in [0.3, 0.4) is 0 Å². The molecule has 0 spiro atoms. The van der Waals surface area contributed by atoms with Gasteiger partial charge in [-0.2, -0.15) is 0 Å². The Balaban J connectivity index is 1.63. The first-order valence-corrected chi connectivity index (χ1v) is 13.5. The van der Waals surface area contributed by atoms with E-state index in [9.17, 15) is 14.7 Å². The van der Waals surface area contributed by atoms with Gasteiger partial charge in [0.05, 0.1) is 5.56 Å². The van der Waals surface area contributed by atoms with Gasteiger partial charge in [-0.05, 0) is 65.4 Å². The summed E-state index contributed by atoms with van der Waals surface area (Å²) in [4.78, 5) is 28.9. The number of amides is 1. The molecule has 0 aliphatic heterocycles. The van der Waals surface area contributed by atoms with Gasteiger partial charge < -0.3 is 21.1 Å². The van der Waals surface area contributed by atoms with Gasteiger partial charge in [-0.1, -0.05) is 73.2 Å². The number of carboxylic acid groups (broad SMARTS) is 1. The summed E-state index contributed by atoms with van der Waals surface area (Å²) in [5.74, 6) is -1.35. The normalized spacial score (nSPS) is 11.8. The zero-order valence-electron chi connectivity index (χ0n) is 23.0.